The fraction of sp³-hybridized carbons (Fsp3) is 0.200. The second-order valence-corrected chi connectivity index (χ2v) is 9.29. The average Bonchev–Trinajstić information content (AvgIpc) is 3.44. The molecule has 0 aliphatic carbocycles. The molecule has 1 aliphatic rings. The summed E-state index contributed by atoms with van der Waals surface area (Å²) >= 11 is 10.4. The van der Waals surface area contributed by atoms with Crippen LogP contribution in [0.15, 0.2) is 46.9 Å². The molecule has 1 atom stereocenters. The van der Waals surface area contributed by atoms with E-state index in [1.807, 2.05) is 24.3 Å². The third-order valence-corrected chi connectivity index (χ3v) is 6.69. The zero-order chi connectivity index (χ0) is 22.8. The number of carbonyl (C=O) groups is 2. The molecule has 0 spiro atoms. The lowest BCUT2D eigenvalue weighted by Gasteiger charge is -2.23. The van der Waals surface area contributed by atoms with Crippen LogP contribution in [0, 0.1) is 10.1 Å². The van der Waals surface area contributed by atoms with E-state index in [1.54, 1.807) is 0 Å². The molecule has 9 nitrogen and oxygen atoms in total. The van der Waals surface area contributed by atoms with E-state index in [0.29, 0.717) is 29.5 Å². The summed E-state index contributed by atoms with van der Waals surface area (Å²) < 4.78 is 0.941. The molecule has 1 unspecified atom stereocenters. The molecule has 1 aromatic heterocycles. The standard InChI is InChI=1S/C20H15BrClN5O4S/c21-13-6-3-11(4-7-13)18-24-25-20(32-18)23-17(28)15-2-1-9-26(15)19(29)12-5-8-14(22)16(10-12)27(30)31/h3-8,10,15H,1-2,9H2,(H,23,25,28). The minimum absolute atomic E-state index is 0.0555. The van der Waals surface area contributed by atoms with E-state index in [0.717, 1.165) is 16.1 Å². The average molecular weight is 537 g/mol. The highest BCUT2D eigenvalue weighted by molar-refractivity contribution is 9.10. The van der Waals surface area contributed by atoms with Crippen molar-refractivity contribution >= 4 is 61.5 Å². The zero-order valence-electron chi connectivity index (χ0n) is 16.3. The molecule has 1 fully saturated rings. The molecule has 2 amide bonds. The highest BCUT2D eigenvalue weighted by Crippen LogP contribution is 2.30. The van der Waals surface area contributed by atoms with Crippen LogP contribution >= 0.6 is 38.9 Å². The van der Waals surface area contributed by atoms with Gasteiger partial charge in [-0.25, -0.2) is 0 Å². The molecule has 0 bridgehead atoms. The smallest absolute Gasteiger partial charge is 0.288 e. The van der Waals surface area contributed by atoms with Gasteiger partial charge in [-0.15, -0.1) is 10.2 Å². The Morgan fingerprint density at radius 2 is 1.97 bits per heavy atom. The molecule has 32 heavy (non-hydrogen) atoms. The molecule has 3 aromatic rings. The molecule has 1 saturated heterocycles. The minimum Gasteiger partial charge on any atom is -0.327 e. The fourth-order valence-electron chi connectivity index (χ4n) is 3.41. The number of amides is 2. The van der Waals surface area contributed by atoms with Gasteiger partial charge in [0.1, 0.15) is 16.1 Å². The van der Waals surface area contributed by atoms with Gasteiger partial charge in [0.15, 0.2) is 0 Å². The van der Waals surface area contributed by atoms with Gasteiger partial charge < -0.3 is 4.90 Å². The van der Waals surface area contributed by atoms with Crippen molar-refractivity contribution in [3.63, 3.8) is 0 Å². The van der Waals surface area contributed by atoms with Crippen molar-refractivity contribution in [3.05, 3.63) is 67.6 Å². The van der Waals surface area contributed by atoms with E-state index in [2.05, 4.69) is 31.4 Å². The fourth-order valence-corrected chi connectivity index (χ4v) is 4.61. The zero-order valence-corrected chi connectivity index (χ0v) is 19.5. The van der Waals surface area contributed by atoms with Gasteiger partial charge in [0.25, 0.3) is 11.6 Å². The predicted molar refractivity (Wildman–Crippen MR) is 124 cm³/mol. The summed E-state index contributed by atoms with van der Waals surface area (Å²) in [6.45, 7) is 0.369. The van der Waals surface area contributed by atoms with Crippen molar-refractivity contribution in [2.75, 3.05) is 11.9 Å². The van der Waals surface area contributed by atoms with Crippen molar-refractivity contribution in [3.8, 4) is 10.6 Å². The maximum atomic E-state index is 13.0. The van der Waals surface area contributed by atoms with Crippen LogP contribution in [0.1, 0.15) is 23.2 Å². The number of aromatic nitrogens is 2. The van der Waals surface area contributed by atoms with E-state index in [9.17, 15) is 19.7 Å². The number of halogens is 2. The number of nitro groups is 1. The van der Waals surface area contributed by atoms with E-state index in [1.165, 1.54) is 28.4 Å². The first-order valence-corrected chi connectivity index (χ1v) is 11.5. The monoisotopic (exact) mass is 535 g/mol. The lowest BCUT2D eigenvalue weighted by molar-refractivity contribution is -0.384. The van der Waals surface area contributed by atoms with Crippen LogP contribution in [-0.4, -0.2) is 44.4 Å². The van der Waals surface area contributed by atoms with E-state index < -0.39 is 16.9 Å². The van der Waals surface area contributed by atoms with E-state index in [-0.39, 0.29) is 22.2 Å². The Morgan fingerprint density at radius 3 is 2.69 bits per heavy atom. The van der Waals surface area contributed by atoms with Crippen molar-refractivity contribution in [2.45, 2.75) is 18.9 Å². The molecule has 12 heteroatoms. The summed E-state index contributed by atoms with van der Waals surface area (Å²) in [5.41, 5.74) is 0.620. The van der Waals surface area contributed by atoms with Gasteiger partial charge in [-0.05, 0) is 37.1 Å². The van der Waals surface area contributed by atoms with Gasteiger partial charge in [-0.2, -0.15) is 0 Å². The van der Waals surface area contributed by atoms with Crippen LogP contribution in [0.25, 0.3) is 10.6 Å². The van der Waals surface area contributed by atoms with E-state index in [4.69, 9.17) is 11.6 Å². The van der Waals surface area contributed by atoms with Gasteiger partial charge in [0.05, 0.1) is 4.92 Å². The molecule has 2 heterocycles. The van der Waals surface area contributed by atoms with Crippen molar-refractivity contribution in [1.29, 1.82) is 0 Å². The lowest BCUT2D eigenvalue weighted by Crippen LogP contribution is -2.43. The predicted octanol–water partition coefficient (Wildman–Crippen LogP) is 4.77. The molecule has 0 saturated carbocycles. The Labute approximate surface area is 199 Å². The van der Waals surface area contributed by atoms with Crippen LogP contribution < -0.4 is 5.32 Å². The number of nitro benzene ring substituents is 1. The molecular weight excluding hydrogens is 522 g/mol. The Kier molecular flexibility index (Phi) is 6.49. The quantitative estimate of drug-likeness (QED) is 0.371. The summed E-state index contributed by atoms with van der Waals surface area (Å²) in [4.78, 5) is 37.7. The molecule has 164 valence electrons. The number of hydrogen-bond donors (Lipinski definition) is 1. The first-order chi connectivity index (χ1) is 15.3. The highest BCUT2D eigenvalue weighted by atomic mass is 79.9. The minimum atomic E-state index is -0.711. The van der Waals surface area contributed by atoms with Crippen LogP contribution in [-0.2, 0) is 4.79 Å². The Morgan fingerprint density at radius 1 is 1.22 bits per heavy atom. The van der Waals surface area contributed by atoms with Crippen LogP contribution in [0.3, 0.4) is 0 Å². The number of anilines is 1. The lowest BCUT2D eigenvalue weighted by atomic mass is 10.1. The number of hydrogen-bond acceptors (Lipinski definition) is 7. The third-order valence-electron chi connectivity index (χ3n) is 4.95. The molecule has 1 N–H and O–H groups in total. The summed E-state index contributed by atoms with van der Waals surface area (Å²) in [6.07, 6.45) is 1.12. The topological polar surface area (TPSA) is 118 Å². The number of nitrogens with one attached hydrogen (secondary N) is 1. The number of likely N-dealkylation sites (tertiary alicyclic amines) is 1. The van der Waals surface area contributed by atoms with Crippen LogP contribution in [0.5, 0.6) is 0 Å². The van der Waals surface area contributed by atoms with Crippen molar-refractivity contribution in [1.82, 2.24) is 15.1 Å². The SMILES string of the molecule is O=C(Nc1nnc(-c2ccc(Br)cc2)s1)C1CCCN1C(=O)c1ccc(Cl)c([N+](=O)[O-])c1. The first-order valence-electron chi connectivity index (χ1n) is 9.48. The second-order valence-electron chi connectivity index (χ2n) is 6.99. The normalized spacial score (nSPS) is 15.6. The molecule has 0 radical (unpaired) electrons. The Bertz CT molecular complexity index is 1200. The summed E-state index contributed by atoms with van der Waals surface area (Å²) in [5, 5.41) is 22.9. The maximum Gasteiger partial charge on any atom is 0.288 e. The molecule has 1 aliphatic heterocycles. The van der Waals surface area contributed by atoms with E-state index >= 15 is 0 Å². The number of carbonyl (C=O) groups excluding carboxylic acids is 2. The van der Waals surface area contributed by atoms with Crippen LogP contribution in [0.2, 0.25) is 5.02 Å². The largest absolute Gasteiger partial charge is 0.327 e. The van der Waals surface area contributed by atoms with Gasteiger partial charge in [-0.3, -0.25) is 25.0 Å². The van der Waals surface area contributed by atoms with Crippen LogP contribution in [0.4, 0.5) is 10.8 Å². The highest BCUT2D eigenvalue weighted by Gasteiger charge is 2.35. The van der Waals surface area contributed by atoms with Crippen molar-refractivity contribution in [2.24, 2.45) is 0 Å². The first kappa shape index (κ1) is 22.3. The number of nitrogens with zero attached hydrogens (tertiary/aromatic N) is 4. The third kappa shape index (κ3) is 4.64. The van der Waals surface area contributed by atoms with Gasteiger partial charge in [0.2, 0.25) is 11.0 Å². The summed E-state index contributed by atoms with van der Waals surface area (Å²) in [5.74, 6) is -0.840. The second kappa shape index (κ2) is 9.31. The Balaban J connectivity index is 1.48. The maximum absolute atomic E-state index is 13.0. The van der Waals surface area contributed by atoms with Crippen molar-refractivity contribution < 1.29 is 14.5 Å². The molecule has 2 aromatic carbocycles. The number of rotatable bonds is 5. The molecule has 4 rings (SSSR count). The number of benzene rings is 2. The van der Waals surface area contributed by atoms with Gasteiger partial charge in [0, 0.05) is 28.2 Å². The van der Waals surface area contributed by atoms with Gasteiger partial charge in [-0.1, -0.05) is 51.0 Å². The summed E-state index contributed by atoms with van der Waals surface area (Å²) in [6, 6.07) is 10.7. The Hall–Kier alpha value is -2.89. The summed E-state index contributed by atoms with van der Waals surface area (Å²) in [7, 11) is 0. The molecular formula is C20H15BrClN5O4S. The van der Waals surface area contributed by atoms with Gasteiger partial charge >= 0.3 is 0 Å².